The number of aliphatic hydroxyl groups excluding tert-OH is 1. The zero-order chi connectivity index (χ0) is 17.4. The molecule has 2 amide bonds. The molecule has 0 spiro atoms. The van der Waals surface area contributed by atoms with E-state index in [9.17, 15) is 14.7 Å². The van der Waals surface area contributed by atoms with Crippen LogP contribution in [0.25, 0.3) is 0 Å². The van der Waals surface area contributed by atoms with Crippen molar-refractivity contribution in [3.8, 4) is 0 Å². The molecule has 2 heterocycles. The first-order chi connectivity index (χ1) is 11.4. The Bertz CT molecular complexity index is 663. The molecule has 3 rings (SSSR count). The largest absolute Gasteiger partial charge is 0.396 e. The van der Waals surface area contributed by atoms with Gasteiger partial charge in [-0.1, -0.05) is 6.07 Å². The first-order valence-corrected chi connectivity index (χ1v) is 8.31. The number of nitrogens with one attached hydrogen (secondary N) is 2. The zero-order valence-electron chi connectivity index (χ0n) is 14.1. The van der Waals surface area contributed by atoms with Crippen molar-refractivity contribution in [3.63, 3.8) is 0 Å². The lowest BCUT2D eigenvalue weighted by atomic mass is 9.84. The minimum atomic E-state index is -0.573. The molecule has 0 bridgehead atoms. The maximum Gasteiger partial charge on any atom is 0.251 e. The molecule has 1 aromatic carbocycles. The summed E-state index contributed by atoms with van der Waals surface area (Å²) < 4.78 is 5.44. The summed E-state index contributed by atoms with van der Waals surface area (Å²) in [5.41, 5.74) is 1.37. The van der Waals surface area contributed by atoms with Gasteiger partial charge in [0.2, 0.25) is 5.91 Å². The average Bonchev–Trinajstić information content (AvgIpc) is 3.09. The molecule has 6 heteroatoms. The number of ether oxygens (including phenoxy) is 1. The zero-order valence-corrected chi connectivity index (χ0v) is 14.1. The minimum Gasteiger partial charge on any atom is -0.396 e. The molecule has 1 unspecified atom stereocenters. The fraction of sp³-hybridized carbons (Fsp3) is 0.556. The van der Waals surface area contributed by atoms with Gasteiger partial charge < -0.3 is 20.5 Å². The van der Waals surface area contributed by atoms with E-state index in [0.29, 0.717) is 37.4 Å². The molecule has 130 valence electrons. The molecule has 2 aliphatic heterocycles. The quantitative estimate of drug-likeness (QED) is 0.761. The Morgan fingerprint density at radius 1 is 1.42 bits per heavy atom. The smallest absolute Gasteiger partial charge is 0.251 e. The minimum absolute atomic E-state index is 0.0555. The molecule has 0 aliphatic carbocycles. The van der Waals surface area contributed by atoms with Crippen LogP contribution in [0.4, 0.5) is 5.69 Å². The van der Waals surface area contributed by atoms with E-state index in [1.165, 1.54) is 0 Å². The lowest BCUT2D eigenvalue weighted by Gasteiger charge is -2.26. The van der Waals surface area contributed by atoms with E-state index in [1.54, 1.807) is 12.1 Å². The van der Waals surface area contributed by atoms with Gasteiger partial charge in [-0.15, -0.1) is 0 Å². The summed E-state index contributed by atoms with van der Waals surface area (Å²) in [6.07, 6.45) is 1.45. The number of carbonyl (C=O) groups excluding carboxylic acids is 2. The Morgan fingerprint density at radius 3 is 2.88 bits per heavy atom. The molecule has 1 fully saturated rings. The van der Waals surface area contributed by atoms with Crippen LogP contribution in [0.3, 0.4) is 0 Å². The Hall–Kier alpha value is -1.92. The molecule has 6 nitrogen and oxygen atoms in total. The van der Waals surface area contributed by atoms with Crippen LogP contribution in [0, 0.1) is 5.41 Å². The Kier molecular flexibility index (Phi) is 4.36. The number of fused-ring (bicyclic) bond motifs is 1. The highest BCUT2D eigenvalue weighted by Crippen LogP contribution is 2.37. The van der Waals surface area contributed by atoms with Crippen molar-refractivity contribution in [2.75, 3.05) is 31.7 Å². The van der Waals surface area contributed by atoms with Gasteiger partial charge in [0.1, 0.15) is 0 Å². The fourth-order valence-corrected chi connectivity index (χ4v) is 3.42. The second-order valence-corrected chi connectivity index (χ2v) is 7.30. The Balaban J connectivity index is 1.71. The lowest BCUT2D eigenvalue weighted by molar-refractivity contribution is -0.119. The second kappa shape index (κ2) is 6.18. The molecule has 24 heavy (non-hydrogen) atoms. The Labute approximate surface area is 141 Å². The molecule has 0 radical (unpaired) electrons. The molecule has 0 aromatic heterocycles. The molecule has 1 saturated heterocycles. The normalized spacial score (nSPS) is 24.5. The monoisotopic (exact) mass is 332 g/mol. The van der Waals surface area contributed by atoms with Gasteiger partial charge in [0.15, 0.2) is 0 Å². The van der Waals surface area contributed by atoms with E-state index >= 15 is 0 Å². The van der Waals surface area contributed by atoms with Gasteiger partial charge in [-0.05, 0) is 44.4 Å². The van der Waals surface area contributed by atoms with Gasteiger partial charge >= 0.3 is 0 Å². The molecule has 1 atom stereocenters. The van der Waals surface area contributed by atoms with Crippen LogP contribution in [0.1, 0.15) is 42.6 Å². The van der Waals surface area contributed by atoms with Crippen LogP contribution in [0.2, 0.25) is 0 Å². The maximum absolute atomic E-state index is 12.5. The summed E-state index contributed by atoms with van der Waals surface area (Å²) in [5, 5.41) is 15.0. The number of amides is 2. The van der Waals surface area contributed by atoms with Crippen molar-refractivity contribution < 1.29 is 19.4 Å². The predicted octanol–water partition coefficient (Wildman–Crippen LogP) is 1.44. The second-order valence-electron chi connectivity index (χ2n) is 7.30. The third-order valence-electron chi connectivity index (χ3n) is 5.22. The summed E-state index contributed by atoms with van der Waals surface area (Å²) in [6, 6.07) is 5.31. The van der Waals surface area contributed by atoms with Crippen molar-refractivity contribution in [1.29, 1.82) is 0 Å². The van der Waals surface area contributed by atoms with Crippen molar-refractivity contribution in [2.24, 2.45) is 5.41 Å². The number of hydrogen-bond acceptors (Lipinski definition) is 4. The molecular formula is C18H24N2O4. The lowest BCUT2D eigenvalue weighted by Crippen LogP contribution is -2.38. The van der Waals surface area contributed by atoms with Crippen molar-refractivity contribution in [3.05, 3.63) is 29.3 Å². The maximum atomic E-state index is 12.5. The number of hydrogen-bond donors (Lipinski definition) is 3. The van der Waals surface area contributed by atoms with Gasteiger partial charge in [0.25, 0.3) is 5.91 Å². The van der Waals surface area contributed by atoms with Crippen LogP contribution in [0.15, 0.2) is 18.2 Å². The standard InChI is InChI=1S/C18H24N2O4/c1-17(2)13-4-3-12(9-14(13)20-16(17)23)15(22)19-10-18(5-7-21)6-8-24-11-18/h3-4,9,21H,5-8,10-11H2,1-2H3,(H,19,22)(H,20,23). The molecule has 0 saturated carbocycles. The topological polar surface area (TPSA) is 87.7 Å². The van der Waals surface area contributed by atoms with Crippen LogP contribution in [-0.2, 0) is 14.9 Å². The number of carbonyl (C=O) groups is 2. The number of aliphatic hydroxyl groups is 1. The van der Waals surface area contributed by atoms with Crippen LogP contribution in [0.5, 0.6) is 0 Å². The fourth-order valence-electron chi connectivity index (χ4n) is 3.42. The number of anilines is 1. The number of benzene rings is 1. The van der Waals surface area contributed by atoms with E-state index in [4.69, 9.17) is 4.74 Å². The van der Waals surface area contributed by atoms with Gasteiger partial charge in [0.05, 0.1) is 12.0 Å². The van der Waals surface area contributed by atoms with Crippen LogP contribution >= 0.6 is 0 Å². The molecule has 3 N–H and O–H groups in total. The predicted molar refractivity (Wildman–Crippen MR) is 90.0 cm³/mol. The average molecular weight is 332 g/mol. The first-order valence-electron chi connectivity index (χ1n) is 8.31. The van der Waals surface area contributed by atoms with Crippen LogP contribution in [-0.4, -0.2) is 43.3 Å². The third kappa shape index (κ3) is 2.91. The summed E-state index contributed by atoms with van der Waals surface area (Å²) in [6.45, 7) is 5.51. The van der Waals surface area contributed by atoms with E-state index < -0.39 is 5.41 Å². The highest BCUT2D eigenvalue weighted by Gasteiger charge is 2.39. The van der Waals surface area contributed by atoms with E-state index in [2.05, 4.69) is 10.6 Å². The molecule has 2 aliphatic rings. The van der Waals surface area contributed by atoms with Crippen molar-refractivity contribution >= 4 is 17.5 Å². The number of rotatable bonds is 5. The Morgan fingerprint density at radius 2 is 2.21 bits per heavy atom. The van der Waals surface area contributed by atoms with E-state index in [0.717, 1.165) is 12.0 Å². The summed E-state index contributed by atoms with van der Waals surface area (Å²) >= 11 is 0. The molecule has 1 aromatic rings. The summed E-state index contributed by atoms with van der Waals surface area (Å²) in [4.78, 5) is 24.5. The van der Waals surface area contributed by atoms with Crippen molar-refractivity contribution in [2.45, 2.75) is 32.1 Å². The molecular weight excluding hydrogens is 308 g/mol. The van der Waals surface area contributed by atoms with E-state index in [-0.39, 0.29) is 23.8 Å². The highest BCUT2D eigenvalue weighted by atomic mass is 16.5. The van der Waals surface area contributed by atoms with Gasteiger partial charge in [0, 0.05) is 36.4 Å². The first kappa shape index (κ1) is 16.9. The van der Waals surface area contributed by atoms with Crippen LogP contribution < -0.4 is 10.6 Å². The SMILES string of the molecule is CC1(C)C(=O)Nc2cc(C(=O)NCC3(CCO)CCOC3)ccc21. The highest BCUT2D eigenvalue weighted by molar-refractivity contribution is 6.07. The third-order valence-corrected chi connectivity index (χ3v) is 5.22. The van der Waals surface area contributed by atoms with E-state index in [1.807, 2.05) is 19.9 Å². The van der Waals surface area contributed by atoms with Crippen molar-refractivity contribution in [1.82, 2.24) is 5.32 Å². The van der Waals surface area contributed by atoms with Gasteiger partial charge in [-0.2, -0.15) is 0 Å². The summed E-state index contributed by atoms with van der Waals surface area (Å²) in [5.74, 6) is -0.235. The summed E-state index contributed by atoms with van der Waals surface area (Å²) in [7, 11) is 0. The van der Waals surface area contributed by atoms with Gasteiger partial charge in [-0.3, -0.25) is 9.59 Å². The van der Waals surface area contributed by atoms with Gasteiger partial charge in [-0.25, -0.2) is 0 Å².